The first-order valence-electron chi connectivity index (χ1n) is 9.39. The number of methoxy groups -OCH3 is 1. The van der Waals surface area contributed by atoms with E-state index in [1.54, 1.807) is 13.2 Å². The number of carbonyl (C=O) groups is 1. The normalized spacial score (nSPS) is 13.4. The molecular weight excluding hydrogens is 414 g/mol. The summed E-state index contributed by atoms with van der Waals surface area (Å²) in [6, 6.07) is 6.66. The summed E-state index contributed by atoms with van der Waals surface area (Å²) in [6.07, 6.45) is 1.47. The zero-order chi connectivity index (χ0) is 22.6. The number of anilines is 1. The van der Waals surface area contributed by atoms with Crippen LogP contribution in [0.3, 0.4) is 0 Å². The van der Waals surface area contributed by atoms with Crippen molar-refractivity contribution in [2.45, 2.75) is 39.3 Å². The molecule has 0 radical (unpaired) electrons. The summed E-state index contributed by atoms with van der Waals surface area (Å²) in [5.41, 5.74) is 1.61. The molecule has 6 nitrogen and oxygen atoms in total. The molecule has 0 aliphatic rings. The average Bonchev–Trinajstić information content (AvgIpc) is 2.67. The van der Waals surface area contributed by atoms with Crippen LogP contribution in [0.1, 0.15) is 37.4 Å². The van der Waals surface area contributed by atoms with Crippen molar-refractivity contribution >= 4 is 21.6 Å². The number of sulfonamides is 1. The number of halogens is 2. The van der Waals surface area contributed by atoms with Gasteiger partial charge in [0.2, 0.25) is 15.9 Å². The fourth-order valence-corrected chi connectivity index (χ4v) is 4.43. The third-order valence-corrected chi connectivity index (χ3v) is 6.03. The largest absolute Gasteiger partial charge is 0.496 e. The van der Waals surface area contributed by atoms with Crippen molar-refractivity contribution in [3.63, 3.8) is 0 Å². The zero-order valence-electron chi connectivity index (χ0n) is 17.6. The summed E-state index contributed by atoms with van der Waals surface area (Å²) in [6.45, 7) is 5.16. The molecular formula is C21H26F2N2O4S. The third kappa shape index (κ3) is 5.27. The molecule has 2 atom stereocenters. The molecule has 2 aromatic carbocycles. The van der Waals surface area contributed by atoms with Gasteiger partial charge in [-0.3, -0.25) is 9.10 Å². The number of hydrogen-bond donors (Lipinski definition) is 1. The molecule has 2 aromatic rings. The second kappa shape index (κ2) is 9.42. The monoisotopic (exact) mass is 440 g/mol. The summed E-state index contributed by atoms with van der Waals surface area (Å²) >= 11 is 0. The van der Waals surface area contributed by atoms with E-state index in [9.17, 15) is 22.0 Å². The summed E-state index contributed by atoms with van der Waals surface area (Å²) in [7, 11) is -2.38. The first kappa shape index (κ1) is 23.6. The lowest BCUT2D eigenvalue weighted by atomic mass is 10.0. The number of ether oxygens (including phenoxy) is 1. The Morgan fingerprint density at radius 2 is 1.83 bits per heavy atom. The molecule has 0 aliphatic heterocycles. The number of amides is 1. The Morgan fingerprint density at radius 1 is 1.17 bits per heavy atom. The van der Waals surface area contributed by atoms with Crippen molar-refractivity contribution in [3.05, 3.63) is 59.2 Å². The molecule has 0 saturated heterocycles. The SMILES string of the molecule is CC[C@@H](NC(=O)[C@H](C)N(c1ccc(F)c(F)c1)S(C)(=O)=O)c1ccc(OC)c(C)c1. The van der Waals surface area contributed by atoms with Gasteiger partial charge >= 0.3 is 0 Å². The number of hydrogen-bond acceptors (Lipinski definition) is 4. The van der Waals surface area contributed by atoms with Gasteiger partial charge in [-0.05, 0) is 49.6 Å². The van der Waals surface area contributed by atoms with Crippen molar-refractivity contribution in [2.24, 2.45) is 0 Å². The highest BCUT2D eigenvalue weighted by atomic mass is 32.2. The van der Waals surface area contributed by atoms with E-state index in [-0.39, 0.29) is 11.7 Å². The molecule has 0 aliphatic carbocycles. The maximum Gasteiger partial charge on any atom is 0.244 e. The predicted octanol–water partition coefficient (Wildman–Crippen LogP) is 3.70. The van der Waals surface area contributed by atoms with Gasteiger partial charge in [0.05, 0.1) is 25.1 Å². The van der Waals surface area contributed by atoms with E-state index in [2.05, 4.69) is 5.32 Å². The van der Waals surface area contributed by atoms with Crippen LogP contribution in [0, 0.1) is 18.6 Å². The van der Waals surface area contributed by atoms with E-state index < -0.39 is 33.6 Å². The minimum atomic E-state index is -3.95. The quantitative estimate of drug-likeness (QED) is 0.679. The predicted molar refractivity (Wildman–Crippen MR) is 112 cm³/mol. The maximum atomic E-state index is 13.7. The van der Waals surface area contributed by atoms with Gasteiger partial charge in [-0.25, -0.2) is 17.2 Å². The second-order valence-electron chi connectivity index (χ2n) is 7.03. The minimum Gasteiger partial charge on any atom is -0.496 e. The smallest absolute Gasteiger partial charge is 0.244 e. The number of rotatable bonds is 8. The van der Waals surface area contributed by atoms with Crippen molar-refractivity contribution in [1.82, 2.24) is 5.32 Å². The number of carbonyl (C=O) groups excluding carboxylic acids is 1. The molecule has 0 aromatic heterocycles. The van der Waals surface area contributed by atoms with Gasteiger partial charge in [-0.1, -0.05) is 19.1 Å². The van der Waals surface area contributed by atoms with Gasteiger partial charge in [0.1, 0.15) is 11.8 Å². The van der Waals surface area contributed by atoms with E-state index in [4.69, 9.17) is 4.74 Å². The number of nitrogens with one attached hydrogen (secondary N) is 1. The molecule has 0 bridgehead atoms. The Morgan fingerprint density at radius 3 is 2.33 bits per heavy atom. The molecule has 1 amide bonds. The van der Waals surface area contributed by atoms with Gasteiger partial charge in [0.15, 0.2) is 11.6 Å². The van der Waals surface area contributed by atoms with Crippen LogP contribution in [0.4, 0.5) is 14.5 Å². The summed E-state index contributed by atoms with van der Waals surface area (Å²) in [5.74, 6) is -2.15. The molecule has 0 heterocycles. The molecule has 1 N–H and O–H groups in total. The van der Waals surface area contributed by atoms with Crippen molar-refractivity contribution < 1.29 is 26.7 Å². The van der Waals surface area contributed by atoms with Gasteiger partial charge in [-0.2, -0.15) is 0 Å². The van der Waals surface area contributed by atoms with Gasteiger partial charge in [-0.15, -0.1) is 0 Å². The van der Waals surface area contributed by atoms with Crippen LogP contribution >= 0.6 is 0 Å². The molecule has 0 fully saturated rings. The van der Waals surface area contributed by atoms with Gasteiger partial charge in [0, 0.05) is 6.07 Å². The van der Waals surface area contributed by atoms with Crippen molar-refractivity contribution in [3.8, 4) is 5.75 Å². The molecule has 9 heteroatoms. The molecule has 0 unspecified atom stereocenters. The molecule has 0 saturated carbocycles. The summed E-state index contributed by atoms with van der Waals surface area (Å²) in [4.78, 5) is 12.9. The fourth-order valence-electron chi connectivity index (χ4n) is 3.26. The lowest BCUT2D eigenvalue weighted by molar-refractivity contribution is -0.122. The second-order valence-corrected chi connectivity index (χ2v) is 8.89. The van der Waals surface area contributed by atoms with E-state index in [0.717, 1.165) is 45.6 Å². The van der Waals surface area contributed by atoms with E-state index in [1.807, 2.05) is 26.0 Å². The number of aryl methyl sites for hydroxylation is 1. The first-order chi connectivity index (χ1) is 14.0. The summed E-state index contributed by atoms with van der Waals surface area (Å²) in [5, 5.41) is 2.84. The van der Waals surface area contributed by atoms with Crippen LogP contribution in [-0.4, -0.2) is 33.7 Å². The van der Waals surface area contributed by atoms with Crippen molar-refractivity contribution in [1.29, 1.82) is 0 Å². The Bertz CT molecular complexity index is 1030. The highest BCUT2D eigenvalue weighted by Gasteiger charge is 2.31. The number of nitrogens with zero attached hydrogens (tertiary/aromatic N) is 1. The van der Waals surface area contributed by atoms with Gasteiger partial charge in [0.25, 0.3) is 0 Å². The Kier molecular flexibility index (Phi) is 7.41. The molecule has 2 rings (SSSR count). The standard InChI is InChI=1S/C21H26F2N2O4S/c1-6-19(15-7-10-20(29-4)13(2)11-15)24-21(26)14(3)25(30(5,27)28)16-8-9-17(22)18(23)12-16/h7-12,14,19H,6H2,1-5H3,(H,24,26)/t14-,19+/m0/s1. The summed E-state index contributed by atoms with van der Waals surface area (Å²) < 4.78 is 57.6. The Labute approximate surface area is 175 Å². The van der Waals surface area contributed by atoms with E-state index in [1.165, 1.54) is 6.92 Å². The maximum absolute atomic E-state index is 13.7. The fraction of sp³-hybridized carbons (Fsp3) is 0.381. The number of benzene rings is 2. The van der Waals surface area contributed by atoms with Crippen LogP contribution in [0.5, 0.6) is 5.75 Å². The Balaban J connectivity index is 2.31. The lowest BCUT2D eigenvalue weighted by Gasteiger charge is -2.30. The molecule has 164 valence electrons. The van der Waals surface area contributed by atoms with E-state index in [0.29, 0.717) is 6.42 Å². The molecule has 30 heavy (non-hydrogen) atoms. The Hall–Kier alpha value is -2.68. The van der Waals surface area contributed by atoms with Crippen molar-refractivity contribution in [2.75, 3.05) is 17.7 Å². The van der Waals surface area contributed by atoms with Crippen LogP contribution in [0.2, 0.25) is 0 Å². The third-order valence-electron chi connectivity index (χ3n) is 4.79. The molecule has 0 spiro atoms. The average molecular weight is 441 g/mol. The minimum absolute atomic E-state index is 0.132. The highest BCUT2D eigenvalue weighted by Crippen LogP contribution is 2.26. The van der Waals surface area contributed by atoms with Gasteiger partial charge < -0.3 is 10.1 Å². The zero-order valence-corrected chi connectivity index (χ0v) is 18.4. The van der Waals surface area contributed by atoms with Crippen LogP contribution in [-0.2, 0) is 14.8 Å². The van der Waals surface area contributed by atoms with Crippen LogP contribution < -0.4 is 14.4 Å². The highest BCUT2D eigenvalue weighted by molar-refractivity contribution is 7.92. The topological polar surface area (TPSA) is 75.7 Å². The lowest BCUT2D eigenvalue weighted by Crippen LogP contribution is -2.48. The van der Waals surface area contributed by atoms with Crippen LogP contribution in [0.15, 0.2) is 36.4 Å². The van der Waals surface area contributed by atoms with E-state index >= 15 is 0 Å². The van der Waals surface area contributed by atoms with Crippen LogP contribution in [0.25, 0.3) is 0 Å². The first-order valence-corrected chi connectivity index (χ1v) is 11.2.